The minimum atomic E-state index is -3.59. The second-order valence-electron chi connectivity index (χ2n) is 8.12. The lowest BCUT2D eigenvalue weighted by Crippen LogP contribution is -2.52. The van der Waals surface area contributed by atoms with Crippen molar-refractivity contribution in [3.05, 3.63) is 51.7 Å². The molecule has 32 heavy (non-hydrogen) atoms. The monoisotopic (exact) mass is 497 g/mol. The number of hydrogen-bond acceptors (Lipinski definition) is 6. The number of benzene rings is 1. The van der Waals surface area contributed by atoms with Gasteiger partial charge in [0.2, 0.25) is 15.9 Å². The maximum absolute atomic E-state index is 13.0. The summed E-state index contributed by atoms with van der Waals surface area (Å²) >= 11 is 7.56. The van der Waals surface area contributed by atoms with Crippen LogP contribution >= 0.6 is 22.9 Å². The Balaban J connectivity index is 1.34. The van der Waals surface area contributed by atoms with E-state index in [4.69, 9.17) is 16.3 Å². The molecular weight excluding hydrogens is 470 g/mol. The van der Waals surface area contributed by atoms with Crippen molar-refractivity contribution in [2.45, 2.75) is 30.4 Å². The number of nitrogens with zero attached hydrogens (tertiary/aromatic N) is 3. The van der Waals surface area contributed by atoms with E-state index in [9.17, 15) is 13.2 Å². The smallest absolute Gasteiger partial charge is 0.243 e. The van der Waals surface area contributed by atoms with Gasteiger partial charge in [0.1, 0.15) is 0 Å². The van der Waals surface area contributed by atoms with Crippen LogP contribution in [0.25, 0.3) is 0 Å². The zero-order valence-corrected chi connectivity index (χ0v) is 20.2. The summed E-state index contributed by atoms with van der Waals surface area (Å²) in [5.74, 6) is 0.0306. The van der Waals surface area contributed by atoms with Gasteiger partial charge in [0.05, 0.1) is 17.5 Å². The fourth-order valence-electron chi connectivity index (χ4n) is 4.11. The third kappa shape index (κ3) is 5.89. The average Bonchev–Trinajstić information content (AvgIpc) is 3.48. The van der Waals surface area contributed by atoms with Gasteiger partial charge < -0.3 is 9.64 Å². The van der Waals surface area contributed by atoms with Crippen LogP contribution in [0.3, 0.4) is 0 Å². The lowest BCUT2D eigenvalue weighted by Gasteiger charge is -2.35. The fraction of sp³-hybridized carbons (Fsp3) is 0.500. The van der Waals surface area contributed by atoms with Crippen molar-refractivity contribution in [1.82, 2.24) is 14.1 Å². The van der Waals surface area contributed by atoms with Crippen LogP contribution in [0.15, 0.2) is 46.7 Å². The van der Waals surface area contributed by atoms with Crippen LogP contribution in [0, 0.1) is 0 Å². The first-order valence-electron chi connectivity index (χ1n) is 10.8. The molecule has 0 aliphatic carbocycles. The molecule has 2 fully saturated rings. The van der Waals surface area contributed by atoms with Crippen molar-refractivity contribution in [3.63, 3.8) is 0 Å². The van der Waals surface area contributed by atoms with Gasteiger partial charge in [-0.05, 0) is 48.6 Å². The molecule has 0 radical (unpaired) electrons. The van der Waals surface area contributed by atoms with Crippen LogP contribution in [0.5, 0.6) is 0 Å². The number of amides is 1. The minimum Gasteiger partial charge on any atom is -0.377 e. The summed E-state index contributed by atoms with van der Waals surface area (Å²) in [6, 6.07) is 10.3. The number of halogens is 1. The largest absolute Gasteiger partial charge is 0.377 e. The van der Waals surface area contributed by atoms with Gasteiger partial charge in [-0.15, -0.1) is 11.3 Å². The van der Waals surface area contributed by atoms with Crippen molar-refractivity contribution in [1.29, 1.82) is 0 Å². The maximum atomic E-state index is 13.0. The summed E-state index contributed by atoms with van der Waals surface area (Å²) in [6.07, 6.45) is 2.26. The molecule has 0 saturated carbocycles. The number of carbonyl (C=O) groups excluding carboxylic acids is 1. The Labute approximate surface area is 198 Å². The van der Waals surface area contributed by atoms with Crippen molar-refractivity contribution in [2.24, 2.45) is 0 Å². The lowest BCUT2D eigenvalue weighted by molar-refractivity contribution is -0.134. The average molecular weight is 498 g/mol. The van der Waals surface area contributed by atoms with Crippen LogP contribution in [-0.2, 0) is 26.1 Å². The molecule has 4 rings (SSSR count). The van der Waals surface area contributed by atoms with Crippen LogP contribution in [0.1, 0.15) is 17.7 Å². The van der Waals surface area contributed by atoms with Gasteiger partial charge >= 0.3 is 0 Å². The molecule has 10 heteroatoms. The van der Waals surface area contributed by atoms with Crippen molar-refractivity contribution in [3.8, 4) is 0 Å². The summed E-state index contributed by atoms with van der Waals surface area (Å²) in [4.78, 5) is 18.4. The van der Waals surface area contributed by atoms with E-state index in [0.717, 1.165) is 26.0 Å². The van der Waals surface area contributed by atoms with E-state index in [-0.39, 0.29) is 30.0 Å². The molecule has 0 N–H and O–H groups in total. The molecule has 2 aliphatic heterocycles. The zero-order valence-electron chi connectivity index (χ0n) is 17.9. The van der Waals surface area contributed by atoms with Crippen LogP contribution in [0.2, 0.25) is 5.02 Å². The molecule has 1 atom stereocenters. The highest BCUT2D eigenvalue weighted by atomic mass is 35.5. The Morgan fingerprint density at radius 2 is 1.91 bits per heavy atom. The van der Waals surface area contributed by atoms with Gasteiger partial charge in [-0.1, -0.05) is 17.7 Å². The quantitative estimate of drug-likeness (QED) is 0.561. The standard InChI is InChI=1S/C22H28ClN3O4S2/c23-18-5-7-21(8-6-18)32(28,29)26-11-9-25(10-12-26)22(27)17-24(15-19-3-1-13-30-19)16-20-4-2-14-31-20/h2,4-8,14,19H,1,3,9-13,15-17H2/t19-/m1/s1. The Morgan fingerprint density at radius 3 is 2.53 bits per heavy atom. The summed E-state index contributed by atoms with van der Waals surface area (Å²) < 4.78 is 33.0. The Kier molecular flexibility index (Phi) is 7.86. The van der Waals surface area contributed by atoms with Gasteiger partial charge in [0.15, 0.2) is 0 Å². The molecule has 0 spiro atoms. The summed E-state index contributed by atoms with van der Waals surface area (Å²) in [6.45, 7) is 3.89. The molecule has 2 aliphatic rings. The Morgan fingerprint density at radius 1 is 1.16 bits per heavy atom. The molecule has 1 aromatic heterocycles. The summed E-state index contributed by atoms with van der Waals surface area (Å²) in [5.41, 5.74) is 0. The van der Waals surface area contributed by atoms with E-state index in [1.165, 1.54) is 21.3 Å². The highest BCUT2D eigenvalue weighted by molar-refractivity contribution is 7.89. The first-order valence-corrected chi connectivity index (χ1v) is 13.5. The summed E-state index contributed by atoms with van der Waals surface area (Å²) in [7, 11) is -3.59. The minimum absolute atomic E-state index is 0.0306. The van der Waals surface area contributed by atoms with Gasteiger partial charge in [-0.2, -0.15) is 4.31 Å². The van der Waals surface area contributed by atoms with Gasteiger partial charge in [0, 0.05) is 55.8 Å². The van der Waals surface area contributed by atoms with E-state index < -0.39 is 10.0 Å². The maximum Gasteiger partial charge on any atom is 0.243 e. The molecule has 0 unspecified atom stereocenters. The highest BCUT2D eigenvalue weighted by Gasteiger charge is 2.31. The fourth-order valence-corrected chi connectivity index (χ4v) is 6.40. The van der Waals surface area contributed by atoms with Crippen LogP contribution in [0.4, 0.5) is 0 Å². The molecule has 174 valence electrons. The first kappa shape index (κ1) is 23.7. The van der Waals surface area contributed by atoms with Crippen LogP contribution in [-0.4, -0.2) is 80.4 Å². The number of piperazine rings is 1. The van der Waals surface area contributed by atoms with Crippen molar-refractivity contribution >= 4 is 38.9 Å². The predicted molar refractivity (Wildman–Crippen MR) is 125 cm³/mol. The van der Waals surface area contributed by atoms with E-state index in [1.54, 1.807) is 28.4 Å². The number of carbonyl (C=O) groups is 1. The molecule has 1 aromatic carbocycles. The number of thiophene rings is 1. The lowest BCUT2D eigenvalue weighted by atomic mass is 10.2. The molecule has 7 nitrogen and oxygen atoms in total. The Bertz CT molecular complexity index is 985. The van der Waals surface area contributed by atoms with Gasteiger partial charge in [-0.3, -0.25) is 9.69 Å². The third-order valence-corrected chi connectivity index (χ3v) is 8.87. The SMILES string of the molecule is O=C(CN(Cc1cccs1)C[C@H]1CCCO1)N1CCN(S(=O)(=O)c2ccc(Cl)cc2)CC1. The number of ether oxygens (including phenoxy) is 1. The number of rotatable bonds is 8. The second-order valence-corrected chi connectivity index (χ2v) is 11.5. The summed E-state index contributed by atoms with van der Waals surface area (Å²) in [5, 5.41) is 2.54. The van der Waals surface area contributed by atoms with Crippen LogP contribution < -0.4 is 0 Å². The zero-order chi connectivity index (χ0) is 22.6. The third-order valence-electron chi connectivity index (χ3n) is 5.85. The Hall–Kier alpha value is -1.49. The molecular formula is C22H28ClN3O4S2. The molecule has 0 bridgehead atoms. The molecule has 2 aromatic rings. The van der Waals surface area contributed by atoms with E-state index in [1.807, 2.05) is 11.4 Å². The van der Waals surface area contributed by atoms with Crippen molar-refractivity contribution in [2.75, 3.05) is 45.9 Å². The van der Waals surface area contributed by atoms with Gasteiger partial charge in [0.25, 0.3) is 0 Å². The second kappa shape index (κ2) is 10.6. The number of hydrogen-bond donors (Lipinski definition) is 0. The molecule has 1 amide bonds. The predicted octanol–water partition coefficient (Wildman–Crippen LogP) is 2.92. The van der Waals surface area contributed by atoms with Crippen molar-refractivity contribution < 1.29 is 17.9 Å². The van der Waals surface area contributed by atoms with E-state index in [2.05, 4.69) is 11.0 Å². The van der Waals surface area contributed by atoms with E-state index in [0.29, 0.717) is 31.2 Å². The van der Waals surface area contributed by atoms with Gasteiger partial charge in [-0.25, -0.2) is 8.42 Å². The van der Waals surface area contributed by atoms with E-state index >= 15 is 0 Å². The molecule has 3 heterocycles. The first-order chi connectivity index (χ1) is 15.4. The molecule has 2 saturated heterocycles. The number of sulfonamides is 1. The normalized spacial score (nSPS) is 20.2. The highest BCUT2D eigenvalue weighted by Crippen LogP contribution is 2.21. The topological polar surface area (TPSA) is 70.2 Å².